The molecule has 2 fully saturated rings. The molecule has 2 aliphatic rings. The molecular formula is C13H26N2O. The molecule has 3 nitrogen and oxygen atoms in total. The lowest BCUT2D eigenvalue weighted by Gasteiger charge is -2.36. The molecule has 2 aliphatic heterocycles. The van der Waals surface area contributed by atoms with E-state index in [4.69, 9.17) is 4.74 Å². The number of nitrogens with zero attached hydrogens (tertiary/aromatic N) is 1. The smallest absolute Gasteiger partial charge is 0.0712 e. The molecule has 3 heteroatoms. The van der Waals surface area contributed by atoms with Crippen molar-refractivity contribution >= 4 is 0 Å². The van der Waals surface area contributed by atoms with Crippen LogP contribution in [0.25, 0.3) is 0 Å². The minimum atomic E-state index is 0.446. The SMILES string of the molecule is CC1CC(C)CN(CCC2CNCCO2)C1. The van der Waals surface area contributed by atoms with Gasteiger partial charge in [-0.15, -0.1) is 0 Å². The van der Waals surface area contributed by atoms with Gasteiger partial charge in [0.15, 0.2) is 0 Å². The van der Waals surface area contributed by atoms with Crippen LogP contribution in [-0.4, -0.2) is 50.3 Å². The maximum absolute atomic E-state index is 5.73. The molecule has 0 spiro atoms. The second-order valence-corrected chi connectivity index (χ2v) is 5.69. The maximum Gasteiger partial charge on any atom is 0.0712 e. The fourth-order valence-electron chi connectivity index (χ4n) is 3.11. The summed E-state index contributed by atoms with van der Waals surface area (Å²) in [4.78, 5) is 2.62. The summed E-state index contributed by atoms with van der Waals surface area (Å²) in [7, 11) is 0. The second-order valence-electron chi connectivity index (χ2n) is 5.69. The Morgan fingerprint density at radius 3 is 2.62 bits per heavy atom. The average Bonchev–Trinajstić information content (AvgIpc) is 2.27. The predicted octanol–water partition coefficient (Wildman–Crippen LogP) is 1.34. The van der Waals surface area contributed by atoms with Gasteiger partial charge in [0, 0.05) is 32.7 Å². The maximum atomic E-state index is 5.73. The number of piperidine rings is 1. The second kappa shape index (κ2) is 5.99. The van der Waals surface area contributed by atoms with Gasteiger partial charge in [0.25, 0.3) is 0 Å². The topological polar surface area (TPSA) is 24.5 Å². The molecule has 3 atom stereocenters. The third-order valence-electron chi connectivity index (χ3n) is 3.72. The van der Waals surface area contributed by atoms with Crippen molar-refractivity contribution in [2.24, 2.45) is 11.8 Å². The molecule has 94 valence electrons. The molecule has 0 amide bonds. The first kappa shape index (κ1) is 12.3. The van der Waals surface area contributed by atoms with Crippen molar-refractivity contribution in [1.29, 1.82) is 0 Å². The number of hydrogen-bond donors (Lipinski definition) is 1. The van der Waals surface area contributed by atoms with E-state index >= 15 is 0 Å². The Morgan fingerprint density at radius 2 is 2.00 bits per heavy atom. The van der Waals surface area contributed by atoms with Gasteiger partial charge < -0.3 is 15.0 Å². The van der Waals surface area contributed by atoms with Crippen LogP contribution >= 0.6 is 0 Å². The highest BCUT2D eigenvalue weighted by molar-refractivity contribution is 4.76. The number of morpholine rings is 1. The van der Waals surface area contributed by atoms with E-state index in [-0.39, 0.29) is 0 Å². The Labute approximate surface area is 99.5 Å². The summed E-state index contributed by atoms with van der Waals surface area (Å²) in [6, 6.07) is 0. The van der Waals surface area contributed by atoms with Gasteiger partial charge in [-0.3, -0.25) is 0 Å². The number of nitrogens with one attached hydrogen (secondary N) is 1. The molecule has 0 saturated carbocycles. The van der Waals surface area contributed by atoms with E-state index in [1.165, 1.54) is 32.5 Å². The Kier molecular flexibility index (Phi) is 4.62. The van der Waals surface area contributed by atoms with Crippen LogP contribution in [0.1, 0.15) is 26.7 Å². The van der Waals surface area contributed by atoms with Crippen LogP contribution in [0.4, 0.5) is 0 Å². The van der Waals surface area contributed by atoms with Crippen molar-refractivity contribution in [2.75, 3.05) is 39.3 Å². The fraction of sp³-hybridized carbons (Fsp3) is 1.00. The molecule has 0 aromatic rings. The van der Waals surface area contributed by atoms with Gasteiger partial charge >= 0.3 is 0 Å². The van der Waals surface area contributed by atoms with E-state index in [0.717, 1.165) is 31.5 Å². The van der Waals surface area contributed by atoms with Crippen molar-refractivity contribution in [2.45, 2.75) is 32.8 Å². The lowest BCUT2D eigenvalue weighted by atomic mass is 9.92. The summed E-state index contributed by atoms with van der Waals surface area (Å²) in [5.74, 6) is 1.74. The normalized spacial score (nSPS) is 37.5. The summed E-state index contributed by atoms with van der Waals surface area (Å²) in [5, 5.41) is 3.40. The summed E-state index contributed by atoms with van der Waals surface area (Å²) >= 11 is 0. The summed E-state index contributed by atoms with van der Waals surface area (Å²) in [6.45, 7) is 11.5. The van der Waals surface area contributed by atoms with E-state index in [1.54, 1.807) is 0 Å². The van der Waals surface area contributed by atoms with Crippen molar-refractivity contribution in [3.8, 4) is 0 Å². The first-order valence-corrected chi connectivity index (χ1v) is 6.78. The Bertz CT molecular complexity index is 194. The van der Waals surface area contributed by atoms with Crippen molar-refractivity contribution in [1.82, 2.24) is 10.2 Å². The molecule has 1 N–H and O–H groups in total. The first-order chi connectivity index (χ1) is 7.74. The van der Waals surface area contributed by atoms with Crippen LogP contribution in [-0.2, 0) is 4.74 Å². The Balaban J connectivity index is 1.68. The zero-order valence-electron chi connectivity index (χ0n) is 10.7. The highest BCUT2D eigenvalue weighted by Crippen LogP contribution is 2.21. The molecular weight excluding hydrogens is 200 g/mol. The van der Waals surface area contributed by atoms with Gasteiger partial charge in [0.05, 0.1) is 12.7 Å². The van der Waals surface area contributed by atoms with Crippen LogP contribution in [0.3, 0.4) is 0 Å². The zero-order valence-corrected chi connectivity index (χ0v) is 10.7. The minimum absolute atomic E-state index is 0.446. The van der Waals surface area contributed by atoms with Crippen LogP contribution in [0.2, 0.25) is 0 Å². The van der Waals surface area contributed by atoms with Crippen LogP contribution < -0.4 is 5.32 Å². The lowest BCUT2D eigenvalue weighted by molar-refractivity contribution is 0.0128. The lowest BCUT2D eigenvalue weighted by Crippen LogP contribution is -2.43. The number of ether oxygens (including phenoxy) is 1. The molecule has 0 aromatic heterocycles. The van der Waals surface area contributed by atoms with Gasteiger partial charge in [-0.1, -0.05) is 13.8 Å². The third kappa shape index (κ3) is 3.72. The predicted molar refractivity (Wildman–Crippen MR) is 66.6 cm³/mol. The van der Waals surface area contributed by atoms with Crippen LogP contribution in [0.5, 0.6) is 0 Å². The molecule has 3 unspecified atom stereocenters. The van der Waals surface area contributed by atoms with Gasteiger partial charge in [-0.2, -0.15) is 0 Å². The summed E-state index contributed by atoms with van der Waals surface area (Å²) in [5.41, 5.74) is 0. The molecule has 16 heavy (non-hydrogen) atoms. The van der Waals surface area contributed by atoms with E-state index in [0.29, 0.717) is 6.10 Å². The third-order valence-corrected chi connectivity index (χ3v) is 3.72. The number of hydrogen-bond acceptors (Lipinski definition) is 3. The molecule has 0 aliphatic carbocycles. The van der Waals surface area contributed by atoms with Gasteiger partial charge in [0.2, 0.25) is 0 Å². The largest absolute Gasteiger partial charge is 0.376 e. The minimum Gasteiger partial charge on any atom is -0.376 e. The number of rotatable bonds is 3. The quantitative estimate of drug-likeness (QED) is 0.786. The molecule has 0 aromatic carbocycles. The Hall–Kier alpha value is -0.120. The monoisotopic (exact) mass is 226 g/mol. The van der Waals surface area contributed by atoms with Crippen molar-refractivity contribution in [3.63, 3.8) is 0 Å². The molecule has 0 radical (unpaired) electrons. The van der Waals surface area contributed by atoms with Gasteiger partial charge in [-0.25, -0.2) is 0 Å². The standard InChI is InChI=1S/C13H26N2O/c1-11-7-12(2)10-15(9-11)5-3-13-8-14-4-6-16-13/h11-14H,3-10H2,1-2H3. The van der Waals surface area contributed by atoms with Crippen LogP contribution in [0.15, 0.2) is 0 Å². The van der Waals surface area contributed by atoms with Crippen molar-refractivity contribution in [3.05, 3.63) is 0 Å². The highest BCUT2D eigenvalue weighted by atomic mass is 16.5. The van der Waals surface area contributed by atoms with Crippen LogP contribution in [0, 0.1) is 11.8 Å². The molecule has 2 rings (SSSR count). The summed E-state index contributed by atoms with van der Waals surface area (Å²) in [6.07, 6.45) is 3.03. The zero-order chi connectivity index (χ0) is 11.4. The Morgan fingerprint density at radius 1 is 1.25 bits per heavy atom. The average molecular weight is 226 g/mol. The summed E-state index contributed by atoms with van der Waals surface area (Å²) < 4.78 is 5.73. The highest BCUT2D eigenvalue weighted by Gasteiger charge is 2.22. The number of likely N-dealkylation sites (tertiary alicyclic amines) is 1. The molecule has 0 bridgehead atoms. The van der Waals surface area contributed by atoms with Gasteiger partial charge in [0.1, 0.15) is 0 Å². The first-order valence-electron chi connectivity index (χ1n) is 6.78. The van der Waals surface area contributed by atoms with Crippen molar-refractivity contribution < 1.29 is 4.74 Å². The van der Waals surface area contributed by atoms with E-state index in [2.05, 4.69) is 24.1 Å². The van der Waals surface area contributed by atoms with E-state index in [9.17, 15) is 0 Å². The van der Waals surface area contributed by atoms with E-state index < -0.39 is 0 Å². The molecule has 2 saturated heterocycles. The fourth-order valence-corrected chi connectivity index (χ4v) is 3.11. The molecule has 2 heterocycles. The van der Waals surface area contributed by atoms with E-state index in [1.807, 2.05) is 0 Å². The van der Waals surface area contributed by atoms with Gasteiger partial charge in [-0.05, 0) is 24.7 Å².